The molecule has 10 heteroatoms. The van der Waals surface area contributed by atoms with E-state index >= 15 is 0 Å². The van der Waals surface area contributed by atoms with Gasteiger partial charge in [-0.3, -0.25) is 4.79 Å². The highest BCUT2D eigenvalue weighted by Gasteiger charge is 2.46. The van der Waals surface area contributed by atoms with Crippen molar-refractivity contribution in [1.29, 1.82) is 0 Å². The van der Waals surface area contributed by atoms with Crippen LogP contribution < -0.4 is 10.7 Å². The number of fused-ring (bicyclic) bond motifs is 1. The monoisotopic (exact) mass is 481 g/mol. The Labute approximate surface area is 200 Å². The lowest BCUT2D eigenvalue weighted by atomic mass is 9.82. The first kappa shape index (κ1) is 23.0. The standard InChI is InChI=1S/C25H25F2N5O3/c1-15(28-23(33)21-13-17-12-19(27)6-7-20(17)29-21)14-32-10-8-25(9-11-32)22(30-31-24(34)35-25)16-2-4-18(26)5-3-16/h2-7,12-13,15,29H,8-11,14H2,1H3,(H,28,33)(H,31,34)/t15-/m0/s1. The van der Waals surface area contributed by atoms with Crippen molar-refractivity contribution < 1.29 is 23.1 Å². The number of benzene rings is 2. The maximum Gasteiger partial charge on any atom is 0.428 e. The molecule has 2 aliphatic heterocycles. The first-order valence-electron chi connectivity index (χ1n) is 11.5. The number of nitrogens with one attached hydrogen (secondary N) is 3. The first-order valence-corrected chi connectivity index (χ1v) is 11.5. The summed E-state index contributed by atoms with van der Waals surface area (Å²) in [6.45, 7) is 3.77. The van der Waals surface area contributed by atoms with E-state index in [1.54, 1.807) is 24.3 Å². The minimum atomic E-state index is -0.886. The molecule has 0 aliphatic carbocycles. The summed E-state index contributed by atoms with van der Waals surface area (Å²) in [5.41, 5.74) is 3.81. The number of hydrogen-bond acceptors (Lipinski definition) is 5. The van der Waals surface area contributed by atoms with Crippen LogP contribution in [0, 0.1) is 11.6 Å². The lowest BCUT2D eigenvalue weighted by Gasteiger charge is -2.43. The molecule has 8 nitrogen and oxygen atoms in total. The number of amides is 2. The van der Waals surface area contributed by atoms with E-state index in [9.17, 15) is 18.4 Å². The van der Waals surface area contributed by atoms with Gasteiger partial charge in [0.15, 0.2) is 5.60 Å². The van der Waals surface area contributed by atoms with Crippen LogP contribution in [-0.2, 0) is 4.74 Å². The molecule has 3 N–H and O–H groups in total. The van der Waals surface area contributed by atoms with E-state index in [1.807, 2.05) is 6.92 Å². The van der Waals surface area contributed by atoms with Crippen molar-refractivity contribution >= 4 is 28.6 Å². The zero-order valence-electron chi connectivity index (χ0n) is 19.1. The molecule has 0 radical (unpaired) electrons. The SMILES string of the molecule is C[C@@H](CN1CCC2(CC1)OC(=O)NN=C2c1ccc(F)cc1)NC(=O)c1cc2cc(F)ccc2[nH]1. The molecule has 1 spiro atoms. The van der Waals surface area contributed by atoms with Crippen molar-refractivity contribution in [3.63, 3.8) is 0 Å². The molecule has 1 fully saturated rings. The second-order valence-electron chi connectivity index (χ2n) is 9.05. The van der Waals surface area contributed by atoms with Crippen LogP contribution in [0.4, 0.5) is 13.6 Å². The van der Waals surface area contributed by atoms with E-state index in [2.05, 4.69) is 25.7 Å². The average Bonchev–Trinajstić information content (AvgIpc) is 3.25. The third-order valence-corrected chi connectivity index (χ3v) is 6.50. The summed E-state index contributed by atoms with van der Waals surface area (Å²) < 4.78 is 32.6. The Bertz CT molecular complexity index is 1300. The summed E-state index contributed by atoms with van der Waals surface area (Å²) >= 11 is 0. The van der Waals surface area contributed by atoms with Gasteiger partial charge in [0.2, 0.25) is 0 Å². The maximum absolute atomic E-state index is 13.4. The van der Waals surface area contributed by atoms with Gasteiger partial charge in [-0.25, -0.2) is 19.0 Å². The zero-order valence-corrected chi connectivity index (χ0v) is 19.1. The number of hydrazone groups is 1. The normalized spacial score (nSPS) is 18.6. The quantitative estimate of drug-likeness (QED) is 0.519. The Kier molecular flexibility index (Phi) is 5.98. The molecule has 1 saturated heterocycles. The summed E-state index contributed by atoms with van der Waals surface area (Å²) in [6, 6.07) is 11.8. The number of piperidine rings is 1. The van der Waals surface area contributed by atoms with E-state index in [-0.39, 0.29) is 23.6 Å². The Morgan fingerprint density at radius 2 is 1.86 bits per heavy atom. The lowest BCUT2D eigenvalue weighted by molar-refractivity contribution is 0.00488. The van der Waals surface area contributed by atoms with Crippen molar-refractivity contribution in [3.05, 3.63) is 71.4 Å². The molecule has 35 heavy (non-hydrogen) atoms. The summed E-state index contributed by atoms with van der Waals surface area (Å²) in [5, 5.41) is 7.85. The van der Waals surface area contributed by atoms with Crippen molar-refractivity contribution in [1.82, 2.24) is 20.6 Å². The number of ether oxygens (including phenoxy) is 1. The predicted molar refractivity (Wildman–Crippen MR) is 126 cm³/mol. The molecule has 0 unspecified atom stereocenters. The molecular formula is C25H25F2N5O3. The Morgan fingerprint density at radius 3 is 2.60 bits per heavy atom. The zero-order chi connectivity index (χ0) is 24.6. The van der Waals surface area contributed by atoms with Crippen molar-refractivity contribution in [2.75, 3.05) is 19.6 Å². The summed E-state index contributed by atoms with van der Waals surface area (Å²) in [6.07, 6.45) is 0.429. The van der Waals surface area contributed by atoms with Crippen LogP contribution in [0.2, 0.25) is 0 Å². The molecule has 3 heterocycles. The average molecular weight is 482 g/mol. The van der Waals surface area contributed by atoms with Crippen LogP contribution in [0.3, 0.4) is 0 Å². The van der Waals surface area contributed by atoms with Crippen LogP contribution in [0.15, 0.2) is 53.6 Å². The van der Waals surface area contributed by atoms with Gasteiger partial charge in [0.1, 0.15) is 23.0 Å². The largest absolute Gasteiger partial charge is 0.435 e. The highest BCUT2D eigenvalue weighted by atomic mass is 19.1. The van der Waals surface area contributed by atoms with Gasteiger partial charge in [-0.1, -0.05) is 12.1 Å². The molecular weight excluding hydrogens is 456 g/mol. The third kappa shape index (κ3) is 4.74. The van der Waals surface area contributed by atoms with Gasteiger partial charge in [-0.15, -0.1) is 0 Å². The number of hydrogen-bond donors (Lipinski definition) is 3. The fourth-order valence-corrected chi connectivity index (χ4v) is 4.78. The van der Waals surface area contributed by atoms with Gasteiger partial charge >= 0.3 is 6.09 Å². The van der Waals surface area contributed by atoms with Crippen molar-refractivity contribution in [3.8, 4) is 0 Å². The van der Waals surface area contributed by atoms with Crippen LogP contribution in [0.25, 0.3) is 10.9 Å². The minimum absolute atomic E-state index is 0.152. The van der Waals surface area contributed by atoms with E-state index in [1.165, 1.54) is 24.3 Å². The number of H-pyrrole nitrogens is 1. The lowest BCUT2D eigenvalue weighted by Crippen LogP contribution is -2.57. The Hall–Kier alpha value is -3.79. The summed E-state index contributed by atoms with van der Waals surface area (Å²) in [4.78, 5) is 29.9. The third-order valence-electron chi connectivity index (χ3n) is 6.50. The summed E-state index contributed by atoms with van der Waals surface area (Å²) in [5.74, 6) is -0.970. The van der Waals surface area contributed by atoms with E-state index < -0.39 is 11.7 Å². The molecule has 2 amide bonds. The molecule has 0 bridgehead atoms. The number of rotatable bonds is 5. The van der Waals surface area contributed by atoms with Crippen LogP contribution in [-0.4, -0.2) is 58.9 Å². The van der Waals surface area contributed by atoms with Gasteiger partial charge in [-0.2, -0.15) is 5.10 Å². The molecule has 182 valence electrons. The van der Waals surface area contributed by atoms with Gasteiger partial charge in [0, 0.05) is 55.0 Å². The van der Waals surface area contributed by atoms with Crippen molar-refractivity contribution in [2.45, 2.75) is 31.4 Å². The maximum atomic E-state index is 13.4. The number of carbonyl (C=O) groups excluding carboxylic acids is 2. The Balaban J connectivity index is 1.21. The number of aromatic amines is 1. The minimum Gasteiger partial charge on any atom is -0.435 e. The van der Waals surface area contributed by atoms with Crippen LogP contribution in [0.5, 0.6) is 0 Å². The highest BCUT2D eigenvalue weighted by Crippen LogP contribution is 2.33. The fourth-order valence-electron chi connectivity index (χ4n) is 4.78. The number of aromatic nitrogens is 1. The number of halogens is 2. The van der Waals surface area contributed by atoms with Crippen LogP contribution in [0.1, 0.15) is 35.8 Å². The second kappa shape index (κ2) is 9.10. The van der Waals surface area contributed by atoms with Gasteiger partial charge in [0.05, 0.1) is 0 Å². The van der Waals surface area contributed by atoms with E-state index in [4.69, 9.17) is 4.74 Å². The molecule has 0 saturated carbocycles. The summed E-state index contributed by atoms with van der Waals surface area (Å²) in [7, 11) is 0. The topological polar surface area (TPSA) is 98.8 Å². The number of likely N-dealkylation sites (tertiary alicyclic amines) is 1. The number of carbonyl (C=O) groups is 2. The van der Waals surface area contributed by atoms with Gasteiger partial charge in [0.25, 0.3) is 5.91 Å². The first-order chi connectivity index (χ1) is 16.8. The highest BCUT2D eigenvalue weighted by molar-refractivity contribution is 6.09. The van der Waals surface area contributed by atoms with Gasteiger partial charge < -0.3 is 19.9 Å². The molecule has 1 atom stereocenters. The number of nitrogens with zero attached hydrogens (tertiary/aromatic N) is 2. The molecule has 2 aromatic carbocycles. The second-order valence-corrected chi connectivity index (χ2v) is 9.05. The van der Waals surface area contributed by atoms with E-state index in [0.29, 0.717) is 60.3 Å². The molecule has 3 aromatic rings. The predicted octanol–water partition coefficient (Wildman–Crippen LogP) is 3.54. The molecule has 2 aliphatic rings. The Morgan fingerprint density at radius 1 is 1.14 bits per heavy atom. The van der Waals surface area contributed by atoms with E-state index in [0.717, 1.165) is 0 Å². The molecule has 1 aromatic heterocycles. The van der Waals surface area contributed by atoms with Gasteiger partial charge in [-0.05, 0) is 43.3 Å². The van der Waals surface area contributed by atoms with Crippen LogP contribution >= 0.6 is 0 Å². The fraction of sp³-hybridized carbons (Fsp3) is 0.320. The smallest absolute Gasteiger partial charge is 0.428 e. The molecule has 5 rings (SSSR count). The van der Waals surface area contributed by atoms with Crippen molar-refractivity contribution in [2.24, 2.45) is 5.10 Å².